The third-order valence-corrected chi connectivity index (χ3v) is 8.31. The first-order valence-electron chi connectivity index (χ1n) is 9.02. The van der Waals surface area contributed by atoms with Gasteiger partial charge in [-0.2, -0.15) is 0 Å². The van der Waals surface area contributed by atoms with E-state index in [4.69, 9.17) is 0 Å². The third-order valence-electron chi connectivity index (χ3n) is 4.05. The molecule has 0 atom stereocenters. The van der Waals surface area contributed by atoms with E-state index in [2.05, 4.69) is 103 Å². The molecule has 0 bridgehead atoms. The van der Waals surface area contributed by atoms with Crippen molar-refractivity contribution in [2.24, 2.45) is 0 Å². The number of thioether (sulfide) groups is 2. The highest BCUT2D eigenvalue weighted by Crippen LogP contribution is 2.40. The molecule has 0 aromatic heterocycles. The summed E-state index contributed by atoms with van der Waals surface area (Å²) in [6.45, 7) is 2.30. The van der Waals surface area contributed by atoms with Gasteiger partial charge in [0.25, 0.3) is 0 Å². The Morgan fingerprint density at radius 1 is 0.593 bits per heavy atom. The summed E-state index contributed by atoms with van der Waals surface area (Å²) in [5, 5.41) is 0. The molecule has 4 heteroatoms. The van der Waals surface area contributed by atoms with E-state index in [9.17, 15) is 0 Å². The van der Waals surface area contributed by atoms with Gasteiger partial charge in [-0.05, 0) is 23.6 Å². The average molecular weight is 412 g/mol. The summed E-state index contributed by atoms with van der Waals surface area (Å²) in [5.74, 6) is 2.96. The summed E-state index contributed by atoms with van der Waals surface area (Å²) in [5.41, 5.74) is 4.08. The van der Waals surface area contributed by atoms with Crippen molar-refractivity contribution in [2.75, 3.05) is 0 Å². The lowest BCUT2D eigenvalue weighted by atomic mass is 10.2. The average Bonchev–Trinajstić information content (AvgIpc) is 2.73. The molecule has 0 fully saturated rings. The predicted molar refractivity (Wildman–Crippen MR) is 125 cm³/mol. The maximum Gasteiger partial charge on any atom is 0.118 e. The van der Waals surface area contributed by atoms with Crippen LogP contribution in [0.3, 0.4) is 0 Å². The number of rotatable bonds is 10. The molecule has 0 saturated carbocycles. The van der Waals surface area contributed by atoms with Gasteiger partial charge in [-0.1, -0.05) is 103 Å². The summed E-state index contributed by atoms with van der Waals surface area (Å²) >= 11 is 5.72. The van der Waals surface area contributed by atoms with Gasteiger partial charge in [-0.25, -0.2) is 4.72 Å². The van der Waals surface area contributed by atoms with E-state index in [0.29, 0.717) is 0 Å². The van der Waals surface area contributed by atoms with Crippen LogP contribution in [-0.2, 0) is 17.3 Å². The first-order valence-corrected chi connectivity index (χ1v) is 12.0. The second-order valence-corrected chi connectivity index (χ2v) is 10.2. The topological polar surface area (TPSA) is 12.0 Å². The quantitative estimate of drug-likeness (QED) is 0.285. The molecule has 3 aromatic carbocycles. The van der Waals surface area contributed by atoms with Crippen molar-refractivity contribution in [1.82, 2.24) is 4.72 Å². The predicted octanol–water partition coefficient (Wildman–Crippen LogP) is 6.96. The highest BCUT2D eigenvalue weighted by atomic mass is 32.2. The van der Waals surface area contributed by atoms with E-state index < -0.39 is 0 Å². The Labute approximate surface area is 175 Å². The highest BCUT2D eigenvalue weighted by Gasteiger charge is 2.25. The Hall–Kier alpha value is -1.33. The lowest BCUT2D eigenvalue weighted by molar-refractivity contribution is 0.880. The van der Waals surface area contributed by atoms with E-state index in [1.165, 1.54) is 16.7 Å². The minimum atomic E-state index is -0.0644. The maximum absolute atomic E-state index is 3.73. The number of hydrogen-bond acceptors (Lipinski definition) is 4. The Balaban J connectivity index is 1.59. The first-order chi connectivity index (χ1) is 13.2. The monoisotopic (exact) mass is 411 g/mol. The molecule has 0 heterocycles. The van der Waals surface area contributed by atoms with Gasteiger partial charge in [-0.15, -0.1) is 23.5 Å². The second-order valence-electron chi connectivity index (χ2n) is 6.37. The van der Waals surface area contributed by atoms with Crippen LogP contribution in [0.2, 0.25) is 0 Å². The van der Waals surface area contributed by atoms with Crippen molar-refractivity contribution in [3.63, 3.8) is 0 Å². The fourth-order valence-electron chi connectivity index (χ4n) is 2.52. The highest BCUT2D eigenvalue weighted by molar-refractivity contribution is 8.18. The largest absolute Gasteiger partial charge is 0.239 e. The molecule has 27 heavy (non-hydrogen) atoms. The van der Waals surface area contributed by atoms with Gasteiger partial charge in [0.05, 0.1) is 0 Å². The Bertz CT molecular complexity index is 735. The molecule has 1 N–H and O–H groups in total. The van der Waals surface area contributed by atoms with Gasteiger partial charge in [0.2, 0.25) is 0 Å². The van der Waals surface area contributed by atoms with Crippen LogP contribution in [0.15, 0.2) is 91.0 Å². The maximum atomic E-state index is 3.73. The van der Waals surface area contributed by atoms with Crippen LogP contribution in [0.25, 0.3) is 0 Å². The molecule has 3 rings (SSSR count). The molecule has 0 amide bonds. The molecule has 0 aliphatic carbocycles. The Morgan fingerprint density at radius 3 is 1.37 bits per heavy atom. The van der Waals surface area contributed by atoms with Crippen LogP contribution in [-0.4, -0.2) is 4.20 Å². The minimum absolute atomic E-state index is 0.0644. The van der Waals surface area contributed by atoms with Gasteiger partial charge in [0.1, 0.15) is 4.20 Å². The fourth-order valence-corrected chi connectivity index (χ4v) is 5.99. The van der Waals surface area contributed by atoms with E-state index in [1.807, 2.05) is 23.5 Å². The summed E-state index contributed by atoms with van der Waals surface area (Å²) in [6, 6.07) is 32.0. The molecular formula is C23H25NS3. The van der Waals surface area contributed by atoms with Gasteiger partial charge in [0, 0.05) is 17.3 Å². The molecule has 0 aliphatic heterocycles. The standard InChI is InChI=1S/C23H25NS3/c1-23(25-17-20-11-5-2-6-12-20,26-18-21-13-7-3-8-14-21)24-27-19-22-15-9-4-10-16-22/h2-16,24H,17-19H2,1H3. The van der Waals surface area contributed by atoms with Gasteiger partial charge < -0.3 is 0 Å². The smallest absolute Gasteiger partial charge is 0.118 e. The lowest BCUT2D eigenvalue weighted by Crippen LogP contribution is -2.31. The molecule has 3 aromatic rings. The molecule has 0 aliphatic rings. The van der Waals surface area contributed by atoms with Crippen LogP contribution >= 0.6 is 35.5 Å². The van der Waals surface area contributed by atoms with Crippen LogP contribution < -0.4 is 4.72 Å². The summed E-state index contributed by atoms with van der Waals surface area (Å²) in [4.78, 5) is 0. The summed E-state index contributed by atoms with van der Waals surface area (Å²) in [7, 11) is 0. The molecule has 140 valence electrons. The van der Waals surface area contributed by atoms with Crippen molar-refractivity contribution in [3.8, 4) is 0 Å². The normalized spacial score (nSPS) is 11.4. The second kappa shape index (κ2) is 10.9. The number of benzene rings is 3. The zero-order valence-electron chi connectivity index (χ0n) is 15.5. The Kier molecular flexibility index (Phi) is 8.21. The molecule has 0 unspecified atom stereocenters. The van der Waals surface area contributed by atoms with Crippen molar-refractivity contribution in [1.29, 1.82) is 0 Å². The van der Waals surface area contributed by atoms with Crippen molar-refractivity contribution in [2.45, 2.75) is 28.4 Å². The van der Waals surface area contributed by atoms with Crippen molar-refractivity contribution in [3.05, 3.63) is 108 Å². The summed E-state index contributed by atoms with van der Waals surface area (Å²) < 4.78 is 3.66. The molecular weight excluding hydrogens is 386 g/mol. The third kappa shape index (κ3) is 7.30. The number of hydrogen-bond donors (Lipinski definition) is 1. The zero-order chi connectivity index (χ0) is 18.8. The van der Waals surface area contributed by atoms with Crippen LogP contribution in [0, 0.1) is 0 Å². The van der Waals surface area contributed by atoms with Crippen molar-refractivity contribution >= 4 is 35.5 Å². The van der Waals surface area contributed by atoms with Gasteiger partial charge in [-0.3, -0.25) is 0 Å². The SMILES string of the molecule is CC(NSCc1ccccc1)(SCc1ccccc1)SCc1ccccc1. The molecule has 1 nitrogen and oxygen atoms in total. The summed E-state index contributed by atoms with van der Waals surface area (Å²) in [6.07, 6.45) is 0. The van der Waals surface area contributed by atoms with E-state index in [-0.39, 0.29) is 4.20 Å². The fraction of sp³-hybridized carbons (Fsp3) is 0.217. The molecule has 0 spiro atoms. The molecule has 0 saturated heterocycles. The number of nitrogens with one attached hydrogen (secondary N) is 1. The van der Waals surface area contributed by atoms with E-state index >= 15 is 0 Å². The zero-order valence-corrected chi connectivity index (χ0v) is 18.0. The van der Waals surface area contributed by atoms with Crippen LogP contribution in [0.4, 0.5) is 0 Å². The van der Waals surface area contributed by atoms with E-state index in [1.54, 1.807) is 11.9 Å². The molecule has 0 radical (unpaired) electrons. The van der Waals surface area contributed by atoms with E-state index in [0.717, 1.165) is 17.3 Å². The first kappa shape index (κ1) is 20.4. The van der Waals surface area contributed by atoms with Gasteiger partial charge >= 0.3 is 0 Å². The van der Waals surface area contributed by atoms with Gasteiger partial charge in [0.15, 0.2) is 0 Å². The Morgan fingerprint density at radius 2 is 0.963 bits per heavy atom. The minimum Gasteiger partial charge on any atom is -0.239 e. The van der Waals surface area contributed by atoms with Crippen molar-refractivity contribution < 1.29 is 0 Å². The van der Waals surface area contributed by atoms with Crippen LogP contribution in [0.5, 0.6) is 0 Å². The van der Waals surface area contributed by atoms with Crippen LogP contribution in [0.1, 0.15) is 23.6 Å². The lowest BCUT2D eigenvalue weighted by Gasteiger charge is -2.29.